The highest BCUT2D eigenvalue weighted by atomic mass is 16.5. The fourth-order valence-electron chi connectivity index (χ4n) is 4.54. The number of amides is 2. The third-order valence-corrected chi connectivity index (χ3v) is 6.61. The molecule has 3 aromatic heterocycles. The molecule has 4 aromatic rings. The molecule has 0 spiro atoms. The molecule has 1 aliphatic heterocycles. The highest BCUT2D eigenvalue weighted by molar-refractivity contribution is 5.99. The second-order valence-corrected chi connectivity index (χ2v) is 9.15. The molecular weight excluding hydrogens is 502 g/mol. The Morgan fingerprint density at radius 2 is 1.87 bits per heavy atom. The Labute approximate surface area is 224 Å². The Balaban J connectivity index is 1.36. The second-order valence-electron chi connectivity index (χ2n) is 9.15. The van der Waals surface area contributed by atoms with Gasteiger partial charge in [0, 0.05) is 51.9 Å². The van der Waals surface area contributed by atoms with E-state index in [9.17, 15) is 9.59 Å². The summed E-state index contributed by atoms with van der Waals surface area (Å²) in [4.78, 5) is 43.6. The van der Waals surface area contributed by atoms with Gasteiger partial charge in [0.15, 0.2) is 17.3 Å². The smallest absolute Gasteiger partial charge is 0.271 e. The molecule has 13 heteroatoms. The molecule has 1 fully saturated rings. The number of benzene rings is 1. The molecule has 0 radical (unpaired) electrons. The van der Waals surface area contributed by atoms with Crippen LogP contribution in [0, 0.1) is 0 Å². The quantitative estimate of drug-likeness (QED) is 0.262. The van der Waals surface area contributed by atoms with Crippen LogP contribution in [0.3, 0.4) is 0 Å². The van der Waals surface area contributed by atoms with Gasteiger partial charge in [-0.15, -0.1) is 0 Å². The van der Waals surface area contributed by atoms with Crippen molar-refractivity contribution >= 4 is 40.2 Å². The summed E-state index contributed by atoms with van der Waals surface area (Å²) in [5.41, 5.74) is 8.84. The van der Waals surface area contributed by atoms with E-state index in [-0.39, 0.29) is 23.5 Å². The number of nitrogens with one attached hydrogen (secondary N) is 2. The minimum absolute atomic E-state index is 0.0253. The Bertz CT molecular complexity index is 1510. The van der Waals surface area contributed by atoms with E-state index in [2.05, 4.69) is 30.6 Å². The van der Waals surface area contributed by atoms with Gasteiger partial charge in [-0.2, -0.15) is 0 Å². The Morgan fingerprint density at radius 1 is 1.13 bits per heavy atom. The first-order valence-electron chi connectivity index (χ1n) is 12.4. The zero-order chi connectivity index (χ0) is 27.5. The number of pyridine rings is 1. The van der Waals surface area contributed by atoms with Crippen molar-refractivity contribution in [1.82, 2.24) is 29.4 Å². The van der Waals surface area contributed by atoms with Crippen LogP contribution >= 0.6 is 0 Å². The Morgan fingerprint density at radius 3 is 2.54 bits per heavy atom. The van der Waals surface area contributed by atoms with Crippen LogP contribution in [0.5, 0.6) is 5.75 Å². The van der Waals surface area contributed by atoms with Crippen LogP contribution in [0.15, 0.2) is 43.0 Å². The largest absolute Gasteiger partial charge is 0.490 e. The van der Waals surface area contributed by atoms with E-state index in [0.717, 1.165) is 5.52 Å². The number of piperidine rings is 1. The van der Waals surface area contributed by atoms with Crippen molar-refractivity contribution in [2.45, 2.75) is 18.9 Å². The van der Waals surface area contributed by atoms with Gasteiger partial charge in [0.2, 0.25) is 5.91 Å². The van der Waals surface area contributed by atoms with E-state index in [4.69, 9.17) is 15.6 Å². The van der Waals surface area contributed by atoms with Gasteiger partial charge < -0.3 is 35.7 Å². The van der Waals surface area contributed by atoms with Gasteiger partial charge in [-0.3, -0.25) is 14.6 Å². The highest BCUT2D eigenvalue weighted by Gasteiger charge is 2.24. The standard InChI is InChI=1S/C26H29N9O4/c1-28-25-22(18-11-29-12-19-21(18)30-14-34(19)2)32-23(24(27)38)26(33-25)31-15-3-5-16(6-4-15)39-17-7-9-35(10-8-17)20(37)13-36/h3-6,11-12,14,17,36H,7-10,13H2,1-2H3,(H2,27,38)(H2,28,31,33). The van der Waals surface area contributed by atoms with E-state index >= 15 is 0 Å². The van der Waals surface area contributed by atoms with Crippen molar-refractivity contribution in [2.75, 3.05) is 37.4 Å². The molecule has 13 nitrogen and oxygen atoms in total. The predicted molar refractivity (Wildman–Crippen MR) is 145 cm³/mol. The maximum absolute atomic E-state index is 12.4. The van der Waals surface area contributed by atoms with Crippen molar-refractivity contribution in [3.63, 3.8) is 0 Å². The van der Waals surface area contributed by atoms with Crippen molar-refractivity contribution < 1.29 is 19.4 Å². The third-order valence-electron chi connectivity index (χ3n) is 6.61. The monoisotopic (exact) mass is 531 g/mol. The molecule has 0 unspecified atom stereocenters. The van der Waals surface area contributed by atoms with Crippen molar-refractivity contribution in [2.24, 2.45) is 12.8 Å². The second kappa shape index (κ2) is 10.9. The van der Waals surface area contributed by atoms with E-state index in [0.29, 0.717) is 60.0 Å². The molecule has 1 saturated heterocycles. The number of hydrogen-bond acceptors (Lipinski definition) is 10. The molecule has 5 N–H and O–H groups in total. The summed E-state index contributed by atoms with van der Waals surface area (Å²) >= 11 is 0. The number of likely N-dealkylation sites (tertiary alicyclic amines) is 1. The zero-order valence-electron chi connectivity index (χ0n) is 21.6. The number of nitrogens with zero attached hydrogens (tertiary/aromatic N) is 6. The van der Waals surface area contributed by atoms with Crippen LogP contribution < -0.4 is 21.1 Å². The summed E-state index contributed by atoms with van der Waals surface area (Å²) in [6, 6.07) is 7.23. The molecule has 1 aromatic carbocycles. The average molecular weight is 532 g/mol. The summed E-state index contributed by atoms with van der Waals surface area (Å²) in [7, 11) is 3.58. The summed E-state index contributed by atoms with van der Waals surface area (Å²) in [5.74, 6) is 0.305. The predicted octanol–water partition coefficient (Wildman–Crippen LogP) is 1.67. The Hall–Kier alpha value is -4.78. The molecule has 2 amide bonds. The van der Waals surface area contributed by atoms with Crippen LogP contribution in [0.4, 0.5) is 17.3 Å². The van der Waals surface area contributed by atoms with E-state index in [1.54, 1.807) is 42.8 Å². The number of carbonyl (C=O) groups excluding carboxylic acids is 2. The zero-order valence-corrected chi connectivity index (χ0v) is 21.6. The fraction of sp³-hybridized carbons (Fsp3) is 0.308. The lowest BCUT2D eigenvalue weighted by Crippen LogP contribution is -2.42. The fourth-order valence-corrected chi connectivity index (χ4v) is 4.54. The molecular formula is C26H29N9O4. The number of aryl methyl sites for hydroxylation is 1. The number of ether oxygens (including phenoxy) is 1. The molecule has 0 saturated carbocycles. The Kier molecular flexibility index (Phi) is 7.23. The molecule has 4 heterocycles. The van der Waals surface area contributed by atoms with E-state index in [1.807, 2.05) is 23.7 Å². The topological polar surface area (TPSA) is 173 Å². The summed E-state index contributed by atoms with van der Waals surface area (Å²) in [6.07, 6.45) is 6.36. The molecule has 5 rings (SSSR count). The number of anilines is 3. The maximum Gasteiger partial charge on any atom is 0.271 e. The lowest BCUT2D eigenvalue weighted by molar-refractivity contribution is -0.135. The first-order valence-corrected chi connectivity index (χ1v) is 12.4. The van der Waals surface area contributed by atoms with Crippen LogP contribution in [0.1, 0.15) is 23.3 Å². The molecule has 0 bridgehead atoms. The number of primary amides is 1. The van der Waals surface area contributed by atoms with Gasteiger partial charge in [0.25, 0.3) is 5.91 Å². The molecule has 0 aliphatic carbocycles. The van der Waals surface area contributed by atoms with Crippen molar-refractivity contribution in [1.29, 1.82) is 0 Å². The van der Waals surface area contributed by atoms with Gasteiger partial charge in [-0.1, -0.05) is 0 Å². The first kappa shape index (κ1) is 25.9. The van der Waals surface area contributed by atoms with Crippen LogP contribution in [-0.2, 0) is 11.8 Å². The number of imidazole rings is 1. The maximum atomic E-state index is 12.4. The van der Waals surface area contributed by atoms with Gasteiger partial charge >= 0.3 is 0 Å². The minimum Gasteiger partial charge on any atom is -0.490 e. The third kappa shape index (κ3) is 5.29. The SMILES string of the molecule is CNc1nc(Nc2ccc(OC3CCN(C(=O)CO)CC3)cc2)c(C(N)=O)nc1-c1cncc2c1ncn2C. The number of aliphatic hydroxyl groups excluding tert-OH is 1. The van der Waals surface area contributed by atoms with Crippen molar-refractivity contribution in [3.05, 3.63) is 48.7 Å². The number of nitrogens with two attached hydrogens (primary N) is 1. The lowest BCUT2D eigenvalue weighted by Gasteiger charge is -2.31. The number of fused-ring (bicyclic) bond motifs is 1. The number of aromatic nitrogens is 5. The van der Waals surface area contributed by atoms with Crippen LogP contribution in [-0.4, -0.2) is 79.2 Å². The summed E-state index contributed by atoms with van der Waals surface area (Å²) in [6.45, 7) is 0.623. The average Bonchev–Trinajstić information content (AvgIpc) is 3.34. The van der Waals surface area contributed by atoms with Crippen LogP contribution in [0.2, 0.25) is 0 Å². The summed E-state index contributed by atoms with van der Waals surface area (Å²) < 4.78 is 7.91. The van der Waals surface area contributed by atoms with E-state index < -0.39 is 12.5 Å². The van der Waals surface area contributed by atoms with Crippen LogP contribution in [0.25, 0.3) is 22.3 Å². The number of hydrogen-bond donors (Lipinski definition) is 4. The normalized spacial score (nSPS) is 13.9. The highest BCUT2D eigenvalue weighted by Crippen LogP contribution is 2.32. The van der Waals surface area contributed by atoms with Crippen molar-refractivity contribution in [3.8, 4) is 17.0 Å². The number of rotatable bonds is 8. The van der Waals surface area contributed by atoms with Gasteiger partial charge in [0.05, 0.1) is 23.6 Å². The number of aliphatic hydroxyl groups is 1. The van der Waals surface area contributed by atoms with Gasteiger partial charge in [-0.25, -0.2) is 15.0 Å². The molecule has 0 atom stereocenters. The lowest BCUT2D eigenvalue weighted by atomic mass is 10.1. The van der Waals surface area contributed by atoms with Gasteiger partial charge in [0.1, 0.15) is 29.7 Å². The minimum atomic E-state index is -0.735. The molecule has 202 valence electrons. The summed E-state index contributed by atoms with van der Waals surface area (Å²) in [5, 5.41) is 15.2. The molecule has 39 heavy (non-hydrogen) atoms. The number of carbonyl (C=O) groups is 2. The molecule has 1 aliphatic rings. The first-order chi connectivity index (χ1) is 18.9. The van der Waals surface area contributed by atoms with E-state index in [1.165, 1.54) is 0 Å². The van der Waals surface area contributed by atoms with Gasteiger partial charge in [-0.05, 0) is 24.3 Å².